The Labute approximate surface area is 185 Å². The highest BCUT2D eigenvalue weighted by Gasteiger charge is 2.36. The van der Waals surface area contributed by atoms with Gasteiger partial charge in [0, 0.05) is 39.3 Å². The lowest BCUT2D eigenvalue weighted by Crippen LogP contribution is -2.33. The molecule has 1 aromatic carbocycles. The first-order valence-electron chi connectivity index (χ1n) is 10.8. The predicted molar refractivity (Wildman–Crippen MR) is 129 cm³/mol. The minimum Gasteiger partial charge on any atom is -0.488 e. The Balaban J connectivity index is 1.73. The molecule has 3 heterocycles. The Morgan fingerprint density at radius 2 is 1.74 bits per heavy atom. The third-order valence-corrected chi connectivity index (χ3v) is 11.8. The first-order valence-corrected chi connectivity index (χ1v) is 12.6. The summed E-state index contributed by atoms with van der Waals surface area (Å²) in [6.07, 6.45) is 6.40. The van der Waals surface area contributed by atoms with E-state index in [1.807, 2.05) is 6.08 Å². The fourth-order valence-corrected chi connectivity index (χ4v) is 10.5. The number of benzene rings is 1. The summed E-state index contributed by atoms with van der Waals surface area (Å²) in [5.41, 5.74) is 3.81. The topological polar surface area (TPSA) is 43.3 Å². The average Bonchev–Trinajstić information content (AvgIpc) is 3.38. The van der Waals surface area contributed by atoms with Gasteiger partial charge in [-0.2, -0.15) is 10.2 Å². The van der Waals surface area contributed by atoms with Gasteiger partial charge in [-0.25, -0.2) is 4.39 Å². The molecular weight excluding hydrogens is 411 g/mol. The largest absolute Gasteiger partial charge is 0.488 e. The maximum atomic E-state index is 13.5. The van der Waals surface area contributed by atoms with Crippen LogP contribution in [0.5, 0.6) is 0 Å². The highest BCUT2D eigenvalue weighted by molar-refractivity contribution is 8.33. The van der Waals surface area contributed by atoms with E-state index in [0.717, 1.165) is 11.1 Å². The molecule has 31 heavy (non-hydrogen) atoms. The molecule has 4 nitrogen and oxygen atoms in total. The Kier molecular flexibility index (Phi) is 5.54. The zero-order valence-electron chi connectivity index (χ0n) is 19.0. The lowest BCUT2D eigenvalue weighted by Gasteiger charge is -2.52. The van der Waals surface area contributed by atoms with E-state index < -0.39 is 10.2 Å². The SMILES string of the molecule is CC(C)S(C(C)C)(C(C)C)n1ccc(C2=C/C(=C3\C(=O)Nc4cc(F)ccc43)OC2)c1. The Morgan fingerprint density at radius 3 is 2.39 bits per heavy atom. The quantitative estimate of drug-likeness (QED) is 0.561. The molecule has 0 atom stereocenters. The molecule has 0 saturated carbocycles. The standard InChI is InChI=1S/C25H31FN2O2S/c1-15(2)31(16(3)4,17(5)6)28-10-9-18(13-28)19-11-23(30-14-19)24-21-8-7-20(26)12-22(21)27-25(24)29/h7-13,15-17H,14H2,1-6H3,(H,27,29)/b24-23+. The summed E-state index contributed by atoms with van der Waals surface area (Å²) in [5, 5.41) is 4.40. The summed E-state index contributed by atoms with van der Waals surface area (Å²) < 4.78 is 21.9. The number of halogens is 1. The molecule has 1 N–H and O–H groups in total. The van der Waals surface area contributed by atoms with E-state index in [4.69, 9.17) is 4.74 Å². The van der Waals surface area contributed by atoms with Crippen molar-refractivity contribution in [3.63, 3.8) is 0 Å². The fourth-order valence-electron chi connectivity index (χ4n) is 5.22. The molecule has 0 fully saturated rings. The van der Waals surface area contributed by atoms with Gasteiger partial charge in [-0.3, -0.25) is 4.79 Å². The molecule has 0 saturated heterocycles. The smallest absolute Gasteiger partial charge is 0.260 e. The highest BCUT2D eigenvalue weighted by Crippen LogP contribution is 2.61. The number of hydrogen-bond donors (Lipinski definition) is 1. The number of nitrogens with one attached hydrogen (secondary N) is 1. The monoisotopic (exact) mass is 442 g/mol. The van der Waals surface area contributed by atoms with Crippen molar-refractivity contribution in [1.29, 1.82) is 0 Å². The van der Waals surface area contributed by atoms with E-state index >= 15 is 0 Å². The molecule has 2 aromatic rings. The number of nitrogens with zero attached hydrogens (tertiary/aromatic N) is 1. The van der Waals surface area contributed by atoms with Gasteiger partial charge in [0.15, 0.2) is 0 Å². The van der Waals surface area contributed by atoms with E-state index in [0.29, 0.717) is 44.9 Å². The molecule has 4 rings (SSSR count). The summed E-state index contributed by atoms with van der Waals surface area (Å²) in [5.74, 6) is -0.0870. The fraction of sp³-hybridized carbons (Fsp3) is 0.400. The maximum Gasteiger partial charge on any atom is 0.260 e. The first kappa shape index (κ1) is 21.8. The number of ether oxygens (including phenoxy) is 1. The molecule has 0 radical (unpaired) electrons. The molecular formula is C25H31FN2O2S. The molecule has 2 aliphatic rings. The molecule has 1 amide bonds. The van der Waals surface area contributed by atoms with Crippen molar-refractivity contribution in [2.75, 3.05) is 11.9 Å². The van der Waals surface area contributed by atoms with Crippen LogP contribution in [0.2, 0.25) is 0 Å². The summed E-state index contributed by atoms with van der Waals surface area (Å²) >= 11 is 0. The summed E-state index contributed by atoms with van der Waals surface area (Å²) in [7, 11) is -1.08. The van der Waals surface area contributed by atoms with Crippen LogP contribution in [-0.4, -0.2) is 32.2 Å². The van der Waals surface area contributed by atoms with Crippen LogP contribution in [0.1, 0.15) is 52.7 Å². The van der Waals surface area contributed by atoms with Crippen LogP contribution in [0.3, 0.4) is 0 Å². The number of fused-ring (bicyclic) bond motifs is 1. The molecule has 6 heteroatoms. The van der Waals surface area contributed by atoms with Gasteiger partial charge in [0.05, 0.1) is 11.3 Å². The third kappa shape index (κ3) is 3.41. The van der Waals surface area contributed by atoms with Crippen LogP contribution in [0.4, 0.5) is 10.1 Å². The van der Waals surface area contributed by atoms with Crippen molar-refractivity contribution in [3.05, 3.63) is 65.4 Å². The summed E-state index contributed by atoms with van der Waals surface area (Å²) in [4.78, 5) is 12.5. The third-order valence-electron chi connectivity index (χ3n) is 6.33. The van der Waals surface area contributed by atoms with Crippen LogP contribution in [0.25, 0.3) is 11.1 Å². The van der Waals surface area contributed by atoms with Crippen molar-refractivity contribution in [1.82, 2.24) is 3.97 Å². The Morgan fingerprint density at radius 1 is 1.06 bits per heavy atom. The predicted octanol–water partition coefficient (Wildman–Crippen LogP) is 6.20. The normalized spacial score (nSPS) is 19.2. The van der Waals surface area contributed by atoms with E-state index in [9.17, 15) is 9.18 Å². The van der Waals surface area contributed by atoms with Crippen molar-refractivity contribution in [2.45, 2.75) is 57.3 Å². The second-order valence-electron chi connectivity index (χ2n) is 8.97. The molecule has 1 aromatic heterocycles. The molecule has 0 unspecified atom stereocenters. The van der Waals surface area contributed by atoms with Crippen molar-refractivity contribution in [3.8, 4) is 0 Å². The zero-order chi connectivity index (χ0) is 22.5. The van der Waals surface area contributed by atoms with Crippen LogP contribution >= 0.6 is 10.2 Å². The van der Waals surface area contributed by atoms with Crippen molar-refractivity contribution < 1.29 is 13.9 Å². The average molecular weight is 443 g/mol. The van der Waals surface area contributed by atoms with Crippen LogP contribution in [0.15, 0.2) is 48.5 Å². The van der Waals surface area contributed by atoms with Gasteiger partial charge < -0.3 is 14.0 Å². The van der Waals surface area contributed by atoms with E-state index in [1.165, 1.54) is 12.1 Å². The van der Waals surface area contributed by atoms with Crippen LogP contribution < -0.4 is 5.32 Å². The van der Waals surface area contributed by atoms with Crippen molar-refractivity contribution in [2.24, 2.45) is 0 Å². The van der Waals surface area contributed by atoms with E-state index in [-0.39, 0.29) is 11.7 Å². The summed E-state index contributed by atoms with van der Waals surface area (Å²) in [6.45, 7) is 14.4. The Hall–Kier alpha value is -2.47. The minimum absolute atomic E-state index is 0.256. The number of allylic oxidation sites excluding steroid dienone is 1. The van der Waals surface area contributed by atoms with Gasteiger partial charge in [-0.1, -0.05) is 41.5 Å². The van der Waals surface area contributed by atoms with E-state index in [1.54, 1.807) is 6.07 Å². The van der Waals surface area contributed by atoms with E-state index in [2.05, 4.69) is 69.3 Å². The van der Waals surface area contributed by atoms with Crippen molar-refractivity contribution >= 4 is 33.0 Å². The van der Waals surface area contributed by atoms with Crippen LogP contribution in [-0.2, 0) is 9.53 Å². The summed E-state index contributed by atoms with van der Waals surface area (Å²) in [6, 6.07) is 6.48. The van der Waals surface area contributed by atoms with Crippen LogP contribution in [0, 0.1) is 5.82 Å². The number of amides is 1. The van der Waals surface area contributed by atoms with Gasteiger partial charge in [-0.05, 0) is 35.9 Å². The second-order valence-corrected chi connectivity index (χ2v) is 13.7. The second kappa shape index (κ2) is 7.90. The number of carbonyl (C=O) groups excluding carboxylic acids is 1. The van der Waals surface area contributed by atoms with Gasteiger partial charge >= 0.3 is 0 Å². The number of anilines is 1. The Bertz CT molecular complexity index is 1070. The molecule has 0 aliphatic carbocycles. The van der Waals surface area contributed by atoms with Gasteiger partial charge in [0.25, 0.3) is 5.91 Å². The zero-order valence-corrected chi connectivity index (χ0v) is 19.8. The molecule has 166 valence electrons. The lowest BCUT2D eigenvalue weighted by atomic mass is 10.0. The number of carbonyl (C=O) groups is 1. The van der Waals surface area contributed by atoms with Gasteiger partial charge in [0.1, 0.15) is 18.2 Å². The van der Waals surface area contributed by atoms with Gasteiger partial charge in [0.2, 0.25) is 0 Å². The highest BCUT2D eigenvalue weighted by atomic mass is 32.3. The maximum absolute atomic E-state index is 13.5. The molecule has 2 aliphatic heterocycles. The number of rotatable bonds is 5. The minimum atomic E-state index is -1.08. The molecule has 0 spiro atoms. The number of hydrogen-bond acceptors (Lipinski definition) is 2. The molecule has 0 bridgehead atoms. The first-order chi connectivity index (χ1) is 14.7. The lowest BCUT2D eigenvalue weighted by molar-refractivity contribution is -0.110. The van der Waals surface area contributed by atoms with Gasteiger partial charge in [-0.15, -0.1) is 0 Å². The number of aromatic nitrogens is 1.